The van der Waals surface area contributed by atoms with Gasteiger partial charge < -0.3 is 10.1 Å². The minimum Gasteiger partial charge on any atom is -0.476 e. The fourth-order valence-corrected chi connectivity index (χ4v) is 2.57. The maximum Gasteiger partial charge on any atom is 0.221 e. The molecule has 0 atom stereocenters. The van der Waals surface area contributed by atoms with E-state index in [4.69, 9.17) is 4.74 Å². The summed E-state index contributed by atoms with van der Waals surface area (Å²) in [6.45, 7) is 12.6. The van der Waals surface area contributed by atoms with Crippen LogP contribution in [0.2, 0.25) is 0 Å². The van der Waals surface area contributed by atoms with Gasteiger partial charge in [0.25, 0.3) is 0 Å². The Bertz CT molecular complexity index is 413. The molecule has 21 heavy (non-hydrogen) atoms. The van der Waals surface area contributed by atoms with Crippen LogP contribution in [0.5, 0.6) is 5.88 Å². The highest BCUT2D eigenvalue weighted by Gasteiger charge is 2.15. The third-order valence-electron chi connectivity index (χ3n) is 3.56. The lowest BCUT2D eigenvalue weighted by atomic mass is 10.2. The molecule has 0 bridgehead atoms. The Morgan fingerprint density at radius 3 is 2.38 bits per heavy atom. The number of aromatic nitrogens is 2. The quantitative estimate of drug-likeness (QED) is 0.759. The van der Waals surface area contributed by atoms with Gasteiger partial charge in [0.2, 0.25) is 5.88 Å². The third kappa shape index (κ3) is 5.16. The standard InChI is InChI=1S/C16H30N4O/c1-7-8-14-15(17-6)18-11-19-16(14)21-10-9-20(12(2)3)13(4)5/h11-13H,7-10H2,1-6H3,(H,17,18,19). The average Bonchev–Trinajstić information content (AvgIpc) is 2.44. The molecule has 0 radical (unpaired) electrons. The van der Waals surface area contributed by atoms with E-state index in [0.29, 0.717) is 24.6 Å². The van der Waals surface area contributed by atoms with Crippen LogP contribution in [0.3, 0.4) is 0 Å². The van der Waals surface area contributed by atoms with E-state index in [1.807, 2.05) is 7.05 Å². The van der Waals surface area contributed by atoms with Gasteiger partial charge in [-0.15, -0.1) is 0 Å². The van der Waals surface area contributed by atoms with Gasteiger partial charge in [0.05, 0.1) is 5.56 Å². The SMILES string of the molecule is CCCc1c(NC)ncnc1OCCN(C(C)C)C(C)C. The monoisotopic (exact) mass is 294 g/mol. The zero-order chi connectivity index (χ0) is 15.8. The predicted molar refractivity (Wildman–Crippen MR) is 88.0 cm³/mol. The number of hydrogen-bond acceptors (Lipinski definition) is 5. The van der Waals surface area contributed by atoms with Crippen molar-refractivity contribution in [3.8, 4) is 5.88 Å². The topological polar surface area (TPSA) is 50.3 Å². The van der Waals surface area contributed by atoms with Crippen molar-refractivity contribution in [2.24, 2.45) is 0 Å². The van der Waals surface area contributed by atoms with Crippen molar-refractivity contribution in [1.29, 1.82) is 0 Å². The Labute approximate surface area is 129 Å². The van der Waals surface area contributed by atoms with Gasteiger partial charge in [-0.25, -0.2) is 9.97 Å². The highest BCUT2D eigenvalue weighted by atomic mass is 16.5. The van der Waals surface area contributed by atoms with E-state index >= 15 is 0 Å². The van der Waals surface area contributed by atoms with E-state index in [9.17, 15) is 0 Å². The molecule has 5 heteroatoms. The van der Waals surface area contributed by atoms with Crippen molar-refractivity contribution in [2.75, 3.05) is 25.5 Å². The zero-order valence-corrected chi connectivity index (χ0v) is 14.3. The van der Waals surface area contributed by atoms with Gasteiger partial charge >= 0.3 is 0 Å². The van der Waals surface area contributed by atoms with Gasteiger partial charge in [-0.2, -0.15) is 0 Å². The maximum absolute atomic E-state index is 5.93. The van der Waals surface area contributed by atoms with Crippen LogP contribution in [0.15, 0.2) is 6.33 Å². The van der Waals surface area contributed by atoms with Gasteiger partial charge in [-0.3, -0.25) is 4.90 Å². The highest BCUT2D eigenvalue weighted by Crippen LogP contribution is 2.23. The van der Waals surface area contributed by atoms with E-state index in [0.717, 1.165) is 30.8 Å². The number of rotatable bonds is 9. The molecule has 1 rings (SSSR count). The first-order chi connectivity index (χ1) is 10.0. The molecule has 0 fully saturated rings. The Hall–Kier alpha value is -1.36. The molecule has 1 aromatic heterocycles. The number of ether oxygens (including phenoxy) is 1. The molecule has 0 unspecified atom stereocenters. The van der Waals surface area contributed by atoms with Gasteiger partial charge in [-0.05, 0) is 34.1 Å². The molecule has 1 aromatic rings. The highest BCUT2D eigenvalue weighted by molar-refractivity contribution is 5.48. The smallest absolute Gasteiger partial charge is 0.221 e. The largest absolute Gasteiger partial charge is 0.476 e. The fraction of sp³-hybridized carbons (Fsp3) is 0.750. The van der Waals surface area contributed by atoms with Crippen LogP contribution < -0.4 is 10.1 Å². The lowest BCUT2D eigenvalue weighted by molar-refractivity contribution is 0.139. The lowest BCUT2D eigenvalue weighted by Crippen LogP contribution is -2.39. The summed E-state index contributed by atoms with van der Waals surface area (Å²) in [6, 6.07) is 1.03. The van der Waals surface area contributed by atoms with Crippen LogP contribution in [-0.2, 0) is 6.42 Å². The van der Waals surface area contributed by atoms with Crippen LogP contribution in [0.25, 0.3) is 0 Å². The van der Waals surface area contributed by atoms with Gasteiger partial charge in [-0.1, -0.05) is 13.3 Å². The second kappa shape index (κ2) is 8.82. The van der Waals surface area contributed by atoms with Crippen LogP contribution >= 0.6 is 0 Å². The van der Waals surface area contributed by atoms with Crippen molar-refractivity contribution in [1.82, 2.24) is 14.9 Å². The Balaban J connectivity index is 2.70. The molecule has 0 aliphatic rings. The summed E-state index contributed by atoms with van der Waals surface area (Å²) in [7, 11) is 1.88. The third-order valence-corrected chi connectivity index (χ3v) is 3.56. The van der Waals surface area contributed by atoms with Crippen molar-refractivity contribution in [3.63, 3.8) is 0 Å². The Morgan fingerprint density at radius 1 is 1.19 bits per heavy atom. The first-order valence-corrected chi connectivity index (χ1v) is 7.91. The number of nitrogens with zero attached hydrogens (tertiary/aromatic N) is 3. The molecule has 0 amide bonds. The summed E-state index contributed by atoms with van der Waals surface area (Å²) >= 11 is 0. The summed E-state index contributed by atoms with van der Waals surface area (Å²) in [4.78, 5) is 11.0. The molecule has 0 aliphatic carbocycles. The molecule has 0 saturated carbocycles. The molecular formula is C16H30N4O. The van der Waals surface area contributed by atoms with Crippen molar-refractivity contribution >= 4 is 5.82 Å². The number of nitrogens with one attached hydrogen (secondary N) is 1. The van der Waals surface area contributed by atoms with Crippen LogP contribution in [0.1, 0.15) is 46.6 Å². The minimum absolute atomic E-state index is 0.516. The van der Waals surface area contributed by atoms with Gasteiger partial charge in [0.1, 0.15) is 18.8 Å². The summed E-state index contributed by atoms with van der Waals surface area (Å²) < 4.78 is 5.93. The Morgan fingerprint density at radius 2 is 1.86 bits per heavy atom. The summed E-state index contributed by atoms with van der Waals surface area (Å²) in [5, 5.41) is 3.11. The van der Waals surface area contributed by atoms with Crippen LogP contribution in [0.4, 0.5) is 5.82 Å². The van der Waals surface area contributed by atoms with Crippen LogP contribution in [-0.4, -0.2) is 47.2 Å². The first kappa shape index (κ1) is 17.7. The molecule has 5 nitrogen and oxygen atoms in total. The lowest BCUT2D eigenvalue weighted by Gasteiger charge is -2.30. The van der Waals surface area contributed by atoms with E-state index in [-0.39, 0.29) is 0 Å². The van der Waals surface area contributed by atoms with Crippen molar-refractivity contribution in [2.45, 2.75) is 59.5 Å². The number of anilines is 1. The van der Waals surface area contributed by atoms with Gasteiger partial charge in [0.15, 0.2) is 0 Å². The second-order valence-corrected chi connectivity index (χ2v) is 5.78. The van der Waals surface area contributed by atoms with Crippen LogP contribution in [0, 0.1) is 0 Å². The molecule has 0 aliphatic heterocycles. The van der Waals surface area contributed by atoms with E-state index in [2.05, 4.69) is 54.8 Å². The Kier molecular flexibility index (Phi) is 7.43. The maximum atomic E-state index is 5.93. The average molecular weight is 294 g/mol. The van der Waals surface area contributed by atoms with E-state index in [1.54, 1.807) is 6.33 Å². The molecule has 0 saturated heterocycles. The van der Waals surface area contributed by atoms with E-state index < -0.39 is 0 Å². The molecule has 120 valence electrons. The number of hydrogen-bond donors (Lipinski definition) is 1. The summed E-state index contributed by atoms with van der Waals surface area (Å²) in [6.07, 6.45) is 3.52. The normalized spacial score (nSPS) is 11.5. The molecule has 0 spiro atoms. The second-order valence-electron chi connectivity index (χ2n) is 5.78. The summed E-state index contributed by atoms with van der Waals surface area (Å²) in [5.41, 5.74) is 1.07. The van der Waals surface area contributed by atoms with Crippen molar-refractivity contribution in [3.05, 3.63) is 11.9 Å². The van der Waals surface area contributed by atoms with Gasteiger partial charge in [0, 0.05) is 25.7 Å². The van der Waals surface area contributed by atoms with E-state index in [1.165, 1.54) is 0 Å². The minimum atomic E-state index is 0.516. The predicted octanol–water partition coefficient (Wildman–Crippen LogP) is 2.97. The summed E-state index contributed by atoms with van der Waals surface area (Å²) in [5.74, 6) is 1.58. The first-order valence-electron chi connectivity index (χ1n) is 7.91. The zero-order valence-electron chi connectivity index (χ0n) is 14.3. The van der Waals surface area contributed by atoms with Crippen molar-refractivity contribution < 1.29 is 4.74 Å². The fourth-order valence-electron chi connectivity index (χ4n) is 2.57. The molecule has 0 aromatic carbocycles. The molecule has 1 N–H and O–H groups in total. The molecule has 1 heterocycles. The molecular weight excluding hydrogens is 264 g/mol.